The first kappa shape index (κ1) is 49.8. The van der Waals surface area contributed by atoms with E-state index in [1.54, 1.807) is 48.5 Å². The van der Waals surface area contributed by atoms with Crippen molar-refractivity contribution < 1.29 is 63.5 Å². The number of aliphatic hydroxyl groups is 5. The van der Waals surface area contributed by atoms with Gasteiger partial charge in [0, 0.05) is 58.1 Å². The second-order valence-corrected chi connectivity index (χ2v) is 18.2. The molecule has 0 aliphatic carbocycles. The molecule has 0 radical (unpaired) electrons. The van der Waals surface area contributed by atoms with E-state index in [1.165, 1.54) is 21.0 Å². The molecule has 3 aliphatic rings. The van der Waals surface area contributed by atoms with E-state index in [0.717, 1.165) is 0 Å². The zero-order chi connectivity index (χ0) is 43.4. The number of esters is 1. The number of carbonyl (C=O) groups is 2. The topological polar surface area (TPSA) is 209 Å². The van der Waals surface area contributed by atoms with Crippen molar-refractivity contribution in [1.29, 1.82) is 0 Å². The largest absolute Gasteiger partial charge is 0.459 e. The second kappa shape index (κ2) is 20.3. The molecule has 16 nitrogen and oxygen atoms in total. The van der Waals surface area contributed by atoms with E-state index in [-0.39, 0.29) is 37.2 Å². The molecule has 0 aromatic carbocycles. The van der Waals surface area contributed by atoms with E-state index >= 15 is 0 Å². The smallest absolute Gasteiger partial charge is 0.311 e. The Kier molecular flexibility index (Phi) is 17.8. The van der Waals surface area contributed by atoms with E-state index in [0.29, 0.717) is 26.1 Å². The Hall–Kier alpha value is -1.54. The maximum atomic E-state index is 14.3. The van der Waals surface area contributed by atoms with Crippen LogP contribution in [-0.2, 0) is 38.0 Å². The van der Waals surface area contributed by atoms with Gasteiger partial charge in [0.2, 0.25) is 5.91 Å². The van der Waals surface area contributed by atoms with Crippen molar-refractivity contribution in [2.24, 2.45) is 17.8 Å². The minimum absolute atomic E-state index is 0.107. The molecule has 16 heteroatoms. The Balaban J connectivity index is 2.15. The summed E-state index contributed by atoms with van der Waals surface area (Å²) in [5.41, 5.74) is -4.48. The van der Waals surface area contributed by atoms with Crippen LogP contribution in [0, 0.1) is 17.8 Å². The van der Waals surface area contributed by atoms with Gasteiger partial charge in [0.25, 0.3) is 0 Å². The molecule has 0 aromatic heterocycles. The third kappa shape index (κ3) is 12.1. The van der Waals surface area contributed by atoms with Crippen LogP contribution in [0.3, 0.4) is 0 Å². The van der Waals surface area contributed by atoms with Gasteiger partial charge in [0.05, 0.1) is 41.5 Å². The minimum atomic E-state index is -1.82. The number of hydrogen-bond acceptors (Lipinski definition) is 15. The number of nitrogens with one attached hydrogen (secondary N) is 1. The number of amides is 1. The molecule has 3 heterocycles. The first-order chi connectivity index (χ1) is 26.3. The lowest BCUT2D eigenvalue weighted by molar-refractivity contribution is -0.318. The molecule has 334 valence electrons. The highest BCUT2D eigenvalue weighted by molar-refractivity contribution is 5.73. The van der Waals surface area contributed by atoms with Crippen LogP contribution in [0.1, 0.15) is 102 Å². The molecular formula is C41H77N3O13. The Labute approximate surface area is 340 Å². The average molecular weight is 820 g/mol. The fraction of sp³-hybridized carbons (Fsp3) is 0.951. The van der Waals surface area contributed by atoms with Crippen molar-refractivity contribution >= 4 is 11.9 Å². The van der Waals surface area contributed by atoms with Gasteiger partial charge in [-0.3, -0.25) is 14.5 Å². The fourth-order valence-electron chi connectivity index (χ4n) is 9.24. The molecule has 1 amide bonds. The van der Waals surface area contributed by atoms with Gasteiger partial charge in [-0.25, -0.2) is 0 Å². The third-order valence-electron chi connectivity index (χ3n) is 12.9. The molecule has 0 saturated carbocycles. The molecule has 18 atom stereocenters. The second-order valence-electron chi connectivity index (χ2n) is 18.2. The SMILES string of the molecule is CC[C@H]1OC(=O)[C@H](C)[C@@H](O[C@H]2C[C@@](C)(OC)[C@@H](O)[C@H](C)O2)[C@H](C)[C@@H](O[C@@H]2O[C@H](C)C[C@H](N(C)CCNC(C)=O)[C@H]2O)[C@](C)(O)C[C@@H](C)CN(C)[C@H](C)[C@@H](O)[C@]1(C)O. The van der Waals surface area contributed by atoms with Crippen molar-refractivity contribution in [2.45, 2.75) is 192 Å². The summed E-state index contributed by atoms with van der Waals surface area (Å²) in [4.78, 5) is 29.7. The van der Waals surface area contributed by atoms with Crippen molar-refractivity contribution in [2.75, 3.05) is 40.8 Å². The highest BCUT2D eigenvalue weighted by atomic mass is 16.7. The maximum Gasteiger partial charge on any atom is 0.311 e. The maximum absolute atomic E-state index is 14.3. The molecule has 57 heavy (non-hydrogen) atoms. The van der Waals surface area contributed by atoms with Gasteiger partial charge in [-0.15, -0.1) is 0 Å². The van der Waals surface area contributed by atoms with Gasteiger partial charge in [0.1, 0.15) is 30.0 Å². The molecule has 3 aliphatic heterocycles. The van der Waals surface area contributed by atoms with Gasteiger partial charge < -0.3 is 64.2 Å². The van der Waals surface area contributed by atoms with Gasteiger partial charge in [-0.2, -0.15) is 0 Å². The monoisotopic (exact) mass is 820 g/mol. The lowest BCUT2D eigenvalue weighted by atomic mass is 9.77. The number of likely N-dealkylation sites (N-methyl/N-ethyl adjacent to an activating group) is 2. The van der Waals surface area contributed by atoms with Crippen LogP contribution < -0.4 is 5.32 Å². The zero-order valence-corrected chi connectivity index (χ0v) is 37.0. The number of aliphatic hydroxyl groups excluding tert-OH is 3. The Morgan fingerprint density at radius 1 is 1.00 bits per heavy atom. The molecule has 6 N–H and O–H groups in total. The molecule has 0 bridgehead atoms. The number of nitrogens with zero attached hydrogens (tertiary/aromatic N) is 2. The van der Waals surface area contributed by atoms with Crippen LogP contribution in [0.5, 0.6) is 0 Å². The van der Waals surface area contributed by atoms with Crippen molar-refractivity contribution in [3.63, 3.8) is 0 Å². The fourth-order valence-corrected chi connectivity index (χ4v) is 9.24. The molecule has 3 rings (SSSR count). The predicted molar refractivity (Wildman–Crippen MR) is 212 cm³/mol. The number of hydrogen-bond donors (Lipinski definition) is 6. The van der Waals surface area contributed by atoms with Gasteiger partial charge >= 0.3 is 5.97 Å². The number of ether oxygens (including phenoxy) is 6. The van der Waals surface area contributed by atoms with E-state index in [2.05, 4.69) is 5.32 Å². The van der Waals surface area contributed by atoms with Gasteiger partial charge in [-0.05, 0) is 87.7 Å². The van der Waals surface area contributed by atoms with Crippen molar-refractivity contribution in [3.05, 3.63) is 0 Å². The van der Waals surface area contributed by atoms with Crippen molar-refractivity contribution in [1.82, 2.24) is 15.1 Å². The average Bonchev–Trinajstić information content (AvgIpc) is 3.12. The Morgan fingerprint density at radius 3 is 2.21 bits per heavy atom. The molecule has 3 fully saturated rings. The highest BCUT2D eigenvalue weighted by Gasteiger charge is 2.52. The molecule has 0 unspecified atom stereocenters. The molecule has 0 aromatic rings. The van der Waals surface area contributed by atoms with E-state index in [1.807, 2.05) is 37.7 Å². The van der Waals surface area contributed by atoms with Crippen LogP contribution in [0.4, 0.5) is 0 Å². The van der Waals surface area contributed by atoms with Gasteiger partial charge in [-0.1, -0.05) is 20.8 Å². The number of cyclic esters (lactones) is 1. The zero-order valence-electron chi connectivity index (χ0n) is 37.0. The Morgan fingerprint density at radius 2 is 1.63 bits per heavy atom. The standard InChI is InChI=1S/C41H77N3O13/c1-15-30-41(11,51)34(47)26(6)44(13)21-22(2)19-39(9,50)36(57-38-32(46)29(18-23(3)53-38)43(12)17-16-42-28(8)45)24(4)33(25(5)37(49)55-30)56-31-20-40(10,52-14)35(48)27(7)54-31/h22-27,29-36,38,46-48,50-51H,15-21H2,1-14H3,(H,42,45)/t22-,23-,24+,25-,26-,27+,29+,30-,31+,32-,33+,34-,35+,36-,38+,39-,40-,41-/m1/s1. The van der Waals surface area contributed by atoms with Crippen LogP contribution >= 0.6 is 0 Å². The number of methoxy groups -OCH3 is 1. The van der Waals surface area contributed by atoms with Crippen LogP contribution in [0.15, 0.2) is 0 Å². The number of rotatable bonds is 10. The lowest BCUT2D eigenvalue weighted by Crippen LogP contribution is -2.61. The highest BCUT2D eigenvalue weighted by Crippen LogP contribution is 2.40. The number of carbonyl (C=O) groups excluding carboxylic acids is 2. The Bertz CT molecular complexity index is 1290. The normalized spacial score (nSPS) is 46.2. The molecule has 3 saturated heterocycles. The van der Waals surface area contributed by atoms with Crippen LogP contribution in [-0.4, -0.2) is 178 Å². The van der Waals surface area contributed by atoms with Crippen LogP contribution in [0.25, 0.3) is 0 Å². The lowest BCUT2D eigenvalue weighted by Gasteiger charge is -2.49. The first-order valence-electron chi connectivity index (χ1n) is 20.8. The molecular weight excluding hydrogens is 742 g/mol. The summed E-state index contributed by atoms with van der Waals surface area (Å²) < 4.78 is 37.8. The summed E-state index contributed by atoms with van der Waals surface area (Å²) in [6, 6.07) is -0.974. The van der Waals surface area contributed by atoms with Crippen molar-refractivity contribution in [3.8, 4) is 0 Å². The quantitative estimate of drug-likeness (QED) is 0.172. The summed E-state index contributed by atoms with van der Waals surface area (Å²) in [6.07, 6.45) is -8.91. The first-order valence-corrected chi connectivity index (χ1v) is 20.8. The summed E-state index contributed by atoms with van der Waals surface area (Å²) in [5, 5.41) is 61.5. The van der Waals surface area contributed by atoms with E-state index in [4.69, 9.17) is 28.4 Å². The summed E-state index contributed by atoms with van der Waals surface area (Å²) in [5.74, 6) is -2.89. The van der Waals surface area contributed by atoms with Crippen LogP contribution in [0.2, 0.25) is 0 Å². The van der Waals surface area contributed by atoms with E-state index < -0.39 is 102 Å². The minimum Gasteiger partial charge on any atom is -0.459 e. The summed E-state index contributed by atoms with van der Waals surface area (Å²) in [7, 11) is 5.18. The van der Waals surface area contributed by atoms with Gasteiger partial charge in [0.15, 0.2) is 12.6 Å². The van der Waals surface area contributed by atoms with E-state index in [9.17, 15) is 35.1 Å². The molecule has 0 spiro atoms. The third-order valence-corrected chi connectivity index (χ3v) is 12.9. The summed E-state index contributed by atoms with van der Waals surface area (Å²) in [6.45, 7) is 20.2. The summed E-state index contributed by atoms with van der Waals surface area (Å²) >= 11 is 0. The predicted octanol–water partition coefficient (Wildman–Crippen LogP) is 1.41.